The predicted molar refractivity (Wildman–Crippen MR) is 73.9 cm³/mol. The van der Waals surface area contributed by atoms with E-state index in [0.717, 1.165) is 6.26 Å². The molecule has 0 aliphatic rings. The van der Waals surface area contributed by atoms with Gasteiger partial charge in [0.1, 0.15) is 6.54 Å². The average Bonchev–Trinajstić information content (AvgIpc) is 2.36. The lowest BCUT2D eigenvalue weighted by atomic mass is 10.3. The van der Waals surface area contributed by atoms with Crippen molar-refractivity contribution in [2.45, 2.75) is 0 Å². The summed E-state index contributed by atoms with van der Waals surface area (Å²) in [6, 6.07) is 5.46. The molecule has 0 unspecified atom stereocenters. The van der Waals surface area contributed by atoms with Crippen molar-refractivity contribution in [1.29, 1.82) is 0 Å². The maximum atomic E-state index is 11.4. The first-order chi connectivity index (χ1) is 9.30. The van der Waals surface area contributed by atoms with E-state index in [0.29, 0.717) is 11.4 Å². The zero-order valence-corrected chi connectivity index (χ0v) is 11.8. The third-order valence-corrected chi connectivity index (χ3v) is 2.67. The molecule has 0 radical (unpaired) electrons. The fourth-order valence-electron chi connectivity index (χ4n) is 1.24. The molecule has 1 rings (SSSR count). The van der Waals surface area contributed by atoms with E-state index in [2.05, 4.69) is 20.1 Å². The molecule has 2 amide bonds. The van der Waals surface area contributed by atoms with Gasteiger partial charge in [-0.25, -0.2) is 13.2 Å². The van der Waals surface area contributed by atoms with Gasteiger partial charge in [-0.15, -0.1) is 0 Å². The third kappa shape index (κ3) is 6.05. The van der Waals surface area contributed by atoms with Gasteiger partial charge in [-0.05, 0) is 24.3 Å². The monoisotopic (exact) mass is 301 g/mol. The number of esters is 1. The van der Waals surface area contributed by atoms with Crippen LogP contribution in [0.4, 0.5) is 16.2 Å². The molecule has 0 saturated heterocycles. The summed E-state index contributed by atoms with van der Waals surface area (Å²) in [4.78, 5) is 22.2. The van der Waals surface area contributed by atoms with Crippen molar-refractivity contribution >= 4 is 33.4 Å². The number of hydrogen-bond acceptors (Lipinski definition) is 5. The van der Waals surface area contributed by atoms with Crippen LogP contribution in [-0.4, -0.2) is 40.3 Å². The lowest BCUT2D eigenvalue weighted by Gasteiger charge is -2.08. The number of hydrogen-bond donors (Lipinski definition) is 3. The van der Waals surface area contributed by atoms with Crippen LogP contribution in [0.15, 0.2) is 24.3 Å². The highest BCUT2D eigenvalue weighted by Crippen LogP contribution is 2.14. The summed E-state index contributed by atoms with van der Waals surface area (Å²) >= 11 is 0. The van der Waals surface area contributed by atoms with Crippen molar-refractivity contribution < 1.29 is 22.7 Å². The summed E-state index contributed by atoms with van der Waals surface area (Å²) in [7, 11) is -2.12. The number of ether oxygens (including phenoxy) is 1. The van der Waals surface area contributed by atoms with Crippen molar-refractivity contribution in [1.82, 2.24) is 5.32 Å². The third-order valence-electron chi connectivity index (χ3n) is 2.07. The summed E-state index contributed by atoms with van der Waals surface area (Å²) in [5.74, 6) is -0.562. The molecule has 0 aromatic heterocycles. The Kier molecular flexibility index (Phi) is 5.32. The Morgan fingerprint density at radius 2 is 1.70 bits per heavy atom. The molecule has 0 aliphatic carbocycles. The minimum Gasteiger partial charge on any atom is -0.468 e. The van der Waals surface area contributed by atoms with Gasteiger partial charge >= 0.3 is 12.0 Å². The van der Waals surface area contributed by atoms with Gasteiger partial charge in [-0.3, -0.25) is 9.52 Å². The smallest absolute Gasteiger partial charge is 0.325 e. The molecular weight excluding hydrogens is 286 g/mol. The minimum atomic E-state index is -3.34. The van der Waals surface area contributed by atoms with Crippen molar-refractivity contribution in [2.75, 3.05) is 29.9 Å². The van der Waals surface area contributed by atoms with E-state index >= 15 is 0 Å². The first-order valence-electron chi connectivity index (χ1n) is 5.49. The van der Waals surface area contributed by atoms with Crippen LogP contribution in [0.2, 0.25) is 0 Å². The molecule has 9 heteroatoms. The van der Waals surface area contributed by atoms with Crippen LogP contribution in [-0.2, 0) is 19.6 Å². The molecule has 0 saturated carbocycles. The van der Waals surface area contributed by atoms with Crippen LogP contribution in [0.3, 0.4) is 0 Å². The average molecular weight is 301 g/mol. The zero-order valence-electron chi connectivity index (χ0n) is 11.0. The second-order valence-corrected chi connectivity index (χ2v) is 5.58. The van der Waals surface area contributed by atoms with Crippen molar-refractivity contribution in [3.05, 3.63) is 24.3 Å². The number of rotatable bonds is 5. The van der Waals surface area contributed by atoms with E-state index in [-0.39, 0.29) is 6.54 Å². The van der Waals surface area contributed by atoms with Gasteiger partial charge in [0, 0.05) is 11.4 Å². The summed E-state index contributed by atoms with van der Waals surface area (Å²) in [5.41, 5.74) is 0.833. The number of methoxy groups -OCH3 is 1. The Hall–Kier alpha value is -2.29. The van der Waals surface area contributed by atoms with Gasteiger partial charge in [0.25, 0.3) is 0 Å². The largest absolute Gasteiger partial charge is 0.468 e. The Labute approximate surface area is 116 Å². The molecule has 20 heavy (non-hydrogen) atoms. The van der Waals surface area contributed by atoms with Crippen LogP contribution in [0.5, 0.6) is 0 Å². The fraction of sp³-hybridized carbons (Fsp3) is 0.273. The molecule has 0 aliphatic heterocycles. The molecular formula is C11H15N3O5S. The van der Waals surface area contributed by atoms with E-state index in [1.807, 2.05) is 0 Å². The van der Waals surface area contributed by atoms with E-state index < -0.39 is 22.0 Å². The second-order valence-electron chi connectivity index (χ2n) is 3.84. The van der Waals surface area contributed by atoms with Gasteiger partial charge in [0.15, 0.2) is 0 Å². The number of nitrogens with one attached hydrogen (secondary N) is 3. The molecule has 0 bridgehead atoms. The van der Waals surface area contributed by atoms with E-state index in [4.69, 9.17) is 0 Å². The maximum Gasteiger partial charge on any atom is 0.325 e. The van der Waals surface area contributed by atoms with Crippen LogP contribution in [0.25, 0.3) is 0 Å². The highest BCUT2D eigenvalue weighted by atomic mass is 32.2. The fourth-order valence-corrected chi connectivity index (χ4v) is 1.80. The van der Waals surface area contributed by atoms with Gasteiger partial charge in [-0.2, -0.15) is 0 Å². The SMILES string of the molecule is COC(=O)CNC(=O)Nc1ccc(NS(C)(=O)=O)cc1. The number of urea groups is 1. The number of sulfonamides is 1. The van der Waals surface area contributed by atoms with Gasteiger partial charge in [0.2, 0.25) is 10.0 Å². The Bertz CT molecular complexity index is 583. The molecule has 0 fully saturated rings. The quantitative estimate of drug-likeness (QED) is 0.679. The number of amides is 2. The molecule has 0 atom stereocenters. The number of carbonyl (C=O) groups is 2. The molecule has 0 spiro atoms. The van der Waals surface area contributed by atoms with Crippen LogP contribution < -0.4 is 15.4 Å². The van der Waals surface area contributed by atoms with Crippen molar-refractivity contribution in [3.63, 3.8) is 0 Å². The first kappa shape index (κ1) is 15.8. The normalized spacial score (nSPS) is 10.5. The van der Waals surface area contributed by atoms with Crippen LogP contribution in [0.1, 0.15) is 0 Å². The highest BCUT2D eigenvalue weighted by Gasteiger charge is 2.06. The van der Waals surface area contributed by atoms with Gasteiger partial charge in [0.05, 0.1) is 13.4 Å². The Balaban J connectivity index is 2.53. The van der Waals surface area contributed by atoms with E-state index in [1.165, 1.54) is 31.4 Å². The summed E-state index contributed by atoms with van der Waals surface area (Å²) in [5, 5.41) is 4.77. The number of carbonyl (C=O) groups excluding carboxylic acids is 2. The van der Waals surface area contributed by atoms with Gasteiger partial charge < -0.3 is 15.4 Å². The summed E-state index contributed by atoms with van der Waals surface area (Å²) < 4.78 is 28.7. The van der Waals surface area contributed by atoms with Crippen LogP contribution >= 0.6 is 0 Å². The molecule has 3 N–H and O–H groups in total. The Morgan fingerprint density at radius 3 is 2.20 bits per heavy atom. The van der Waals surface area contributed by atoms with Crippen molar-refractivity contribution in [2.24, 2.45) is 0 Å². The Morgan fingerprint density at radius 1 is 1.15 bits per heavy atom. The van der Waals surface area contributed by atoms with E-state index in [1.54, 1.807) is 0 Å². The highest BCUT2D eigenvalue weighted by molar-refractivity contribution is 7.92. The van der Waals surface area contributed by atoms with Crippen LogP contribution in [0, 0.1) is 0 Å². The lowest BCUT2D eigenvalue weighted by Crippen LogP contribution is -2.33. The second kappa shape index (κ2) is 6.75. The molecule has 1 aromatic carbocycles. The number of benzene rings is 1. The van der Waals surface area contributed by atoms with Crippen molar-refractivity contribution in [3.8, 4) is 0 Å². The predicted octanol–water partition coefficient (Wildman–Crippen LogP) is 0.353. The molecule has 1 aromatic rings. The molecule has 0 heterocycles. The zero-order chi connectivity index (χ0) is 15.2. The lowest BCUT2D eigenvalue weighted by molar-refractivity contribution is -0.139. The number of anilines is 2. The standard InChI is InChI=1S/C11H15N3O5S/c1-19-10(15)7-12-11(16)13-8-3-5-9(6-4-8)14-20(2,17)18/h3-6,14H,7H2,1-2H3,(H2,12,13,16). The van der Waals surface area contributed by atoms with E-state index in [9.17, 15) is 18.0 Å². The minimum absolute atomic E-state index is 0.240. The van der Waals surface area contributed by atoms with Gasteiger partial charge in [-0.1, -0.05) is 0 Å². The molecule has 8 nitrogen and oxygen atoms in total. The maximum absolute atomic E-state index is 11.4. The summed E-state index contributed by atoms with van der Waals surface area (Å²) in [6.45, 7) is -0.240. The topological polar surface area (TPSA) is 114 Å². The summed E-state index contributed by atoms with van der Waals surface area (Å²) in [6.07, 6.45) is 1.04. The molecule has 110 valence electrons. The first-order valence-corrected chi connectivity index (χ1v) is 7.39.